The molecule has 1 aliphatic heterocycles. The molecule has 0 saturated carbocycles. The molecule has 1 fully saturated rings. The average molecular weight is 370 g/mol. The van der Waals surface area contributed by atoms with Gasteiger partial charge in [0, 0.05) is 38.8 Å². The number of nitrogens with zero attached hydrogens (tertiary/aromatic N) is 2. The summed E-state index contributed by atoms with van der Waals surface area (Å²) in [6.45, 7) is 8.94. The number of hydrogen-bond donors (Lipinski definition) is 0. The van der Waals surface area contributed by atoms with Crippen LogP contribution in [0.25, 0.3) is 0 Å². The third kappa shape index (κ3) is 2.93. The molecule has 1 atom stereocenters. The van der Waals surface area contributed by atoms with Crippen LogP contribution in [-0.4, -0.2) is 11.8 Å². The van der Waals surface area contributed by atoms with Gasteiger partial charge in [-0.3, -0.25) is 14.5 Å². The second-order valence-corrected chi connectivity index (χ2v) is 5.77. The van der Waals surface area contributed by atoms with Crippen LogP contribution >= 0.6 is 0 Å². The zero-order valence-electron chi connectivity index (χ0n) is 13.0. The summed E-state index contributed by atoms with van der Waals surface area (Å²) in [4.78, 5) is 26.3. The van der Waals surface area contributed by atoms with Gasteiger partial charge in [0.25, 0.3) is 0 Å². The van der Waals surface area contributed by atoms with E-state index in [2.05, 4.69) is 12.6 Å². The molecule has 1 aliphatic rings. The summed E-state index contributed by atoms with van der Waals surface area (Å²) in [6.07, 6.45) is 2.12. The Labute approximate surface area is 156 Å². The minimum atomic E-state index is -0.763. The van der Waals surface area contributed by atoms with Crippen molar-refractivity contribution in [2.24, 2.45) is 11.3 Å². The SMILES string of the molecule is C=CCC1C(=O)N(c2[c-]c(C)c(C#N)cc2)C(=O)C1(C)C.[Y]. The fraction of sp³-hybridized carbons (Fsp3) is 0.353. The molecule has 1 aromatic rings. The van der Waals surface area contributed by atoms with Crippen LogP contribution < -0.4 is 4.90 Å². The molecule has 0 aromatic heterocycles. The standard InChI is InChI=1S/C17H17N2O2.Y/c1-5-6-14-15(20)19(16(21)17(14,3)4)13-8-7-12(10-18)11(2)9-13;/h5,7-8,14H,1,6H2,2-4H3;/q-1;. The fourth-order valence-electron chi connectivity index (χ4n) is 2.63. The van der Waals surface area contributed by atoms with Crippen LogP contribution in [0.1, 0.15) is 31.4 Å². The Morgan fingerprint density at radius 2 is 2.09 bits per heavy atom. The van der Waals surface area contributed by atoms with E-state index in [-0.39, 0.29) is 44.5 Å². The molecular formula is C17H17N2O2Y-. The van der Waals surface area contributed by atoms with Gasteiger partial charge in [0.05, 0.1) is 11.3 Å². The molecule has 0 spiro atoms. The number of imide groups is 1. The van der Waals surface area contributed by atoms with Crippen molar-refractivity contribution in [2.75, 3.05) is 4.90 Å². The molecule has 0 aliphatic carbocycles. The van der Waals surface area contributed by atoms with Gasteiger partial charge < -0.3 is 0 Å². The second-order valence-electron chi connectivity index (χ2n) is 5.77. The van der Waals surface area contributed by atoms with E-state index in [1.807, 2.05) is 6.07 Å². The number of carbonyl (C=O) groups is 2. The molecule has 2 amide bonds. The van der Waals surface area contributed by atoms with Gasteiger partial charge in [-0.05, 0) is 6.42 Å². The number of allylic oxidation sites excluding steroid dienone is 1. The van der Waals surface area contributed by atoms with Gasteiger partial charge in [0.2, 0.25) is 11.8 Å². The molecule has 2 rings (SSSR count). The molecule has 0 N–H and O–H groups in total. The van der Waals surface area contributed by atoms with Gasteiger partial charge in [0.15, 0.2) is 0 Å². The van der Waals surface area contributed by atoms with Crippen molar-refractivity contribution in [3.8, 4) is 6.07 Å². The minimum absolute atomic E-state index is 0. The maximum atomic E-state index is 12.6. The number of rotatable bonds is 3. The predicted molar refractivity (Wildman–Crippen MR) is 79.3 cm³/mol. The van der Waals surface area contributed by atoms with Crippen molar-refractivity contribution in [1.29, 1.82) is 5.26 Å². The molecule has 4 nitrogen and oxygen atoms in total. The Morgan fingerprint density at radius 1 is 1.45 bits per heavy atom. The van der Waals surface area contributed by atoms with Gasteiger partial charge in [-0.1, -0.05) is 38.1 Å². The quantitative estimate of drug-likeness (QED) is 0.467. The molecule has 22 heavy (non-hydrogen) atoms. The van der Waals surface area contributed by atoms with E-state index < -0.39 is 11.3 Å². The van der Waals surface area contributed by atoms with Crippen LogP contribution in [0.3, 0.4) is 0 Å². The zero-order valence-corrected chi connectivity index (χ0v) is 15.9. The smallest absolute Gasteiger partial charge is 0.238 e. The molecule has 1 aromatic carbocycles. The number of hydrogen-bond acceptors (Lipinski definition) is 3. The van der Waals surface area contributed by atoms with Crippen LogP contribution in [0.5, 0.6) is 0 Å². The molecular weight excluding hydrogens is 353 g/mol. The van der Waals surface area contributed by atoms with Crippen LogP contribution in [0.4, 0.5) is 5.69 Å². The monoisotopic (exact) mass is 370 g/mol. The Kier molecular flexibility index (Phi) is 5.84. The second kappa shape index (κ2) is 6.85. The van der Waals surface area contributed by atoms with Crippen LogP contribution in [-0.2, 0) is 42.3 Å². The van der Waals surface area contributed by atoms with Crippen LogP contribution in [0, 0.1) is 35.7 Å². The molecule has 0 bridgehead atoms. The summed E-state index contributed by atoms with van der Waals surface area (Å²) in [5.74, 6) is -0.878. The minimum Gasteiger partial charge on any atom is -0.274 e. The van der Waals surface area contributed by atoms with E-state index in [4.69, 9.17) is 5.26 Å². The van der Waals surface area contributed by atoms with Gasteiger partial charge in [-0.25, -0.2) is 5.26 Å². The number of amides is 2. The van der Waals surface area contributed by atoms with E-state index in [1.54, 1.807) is 39.0 Å². The first-order valence-electron chi connectivity index (χ1n) is 6.77. The summed E-state index contributed by atoms with van der Waals surface area (Å²) in [7, 11) is 0. The van der Waals surface area contributed by atoms with E-state index in [0.29, 0.717) is 23.2 Å². The third-order valence-corrected chi connectivity index (χ3v) is 4.04. The number of aryl methyl sites for hydroxylation is 1. The summed E-state index contributed by atoms with van der Waals surface area (Å²) < 4.78 is 0. The Hall–Kier alpha value is -1.31. The summed E-state index contributed by atoms with van der Waals surface area (Å²) >= 11 is 0. The predicted octanol–water partition coefficient (Wildman–Crippen LogP) is 2.76. The third-order valence-electron chi connectivity index (χ3n) is 4.04. The molecule has 1 radical (unpaired) electrons. The van der Waals surface area contributed by atoms with Crippen LogP contribution in [0.2, 0.25) is 0 Å². The molecule has 1 saturated heterocycles. The van der Waals surface area contributed by atoms with Crippen molar-refractivity contribution in [1.82, 2.24) is 0 Å². The molecule has 111 valence electrons. The van der Waals surface area contributed by atoms with Crippen molar-refractivity contribution in [2.45, 2.75) is 27.2 Å². The number of carbonyl (C=O) groups excluding carboxylic acids is 2. The number of benzene rings is 1. The van der Waals surface area contributed by atoms with Gasteiger partial charge in [0.1, 0.15) is 0 Å². The van der Waals surface area contributed by atoms with E-state index in [1.165, 1.54) is 4.90 Å². The van der Waals surface area contributed by atoms with E-state index in [0.717, 1.165) is 0 Å². The average Bonchev–Trinajstić information content (AvgIpc) is 2.60. The van der Waals surface area contributed by atoms with E-state index >= 15 is 0 Å². The first-order valence-corrected chi connectivity index (χ1v) is 6.77. The van der Waals surface area contributed by atoms with Crippen molar-refractivity contribution >= 4 is 17.5 Å². The Morgan fingerprint density at radius 3 is 2.59 bits per heavy atom. The molecule has 5 heteroatoms. The van der Waals surface area contributed by atoms with Crippen LogP contribution in [0.15, 0.2) is 24.8 Å². The topological polar surface area (TPSA) is 61.2 Å². The van der Waals surface area contributed by atoms with Crippen molar-refractivity contribution in [3.05, 3.63) is 42.0 Å². The van der Waals surface area contributed by atoms with Gasteiger partial charge in [-0.15, -0.1) is 18.2 Å². The Balaban J connectivity index is 0.00000242. The first kappa shape index (κ1) is 18.7. The van der Waals surface area contributed by atoms with Crippen molar-refractivity contribution < 1.29 is 42.3 Å². The summed E-state index contributed by atoms with van der Waals surface area (Å²) in [5, 5.41) is 8.95. The van der Waals surface area contributed by atoms with Gasteiger partial charge in [-0.2, -0.15) is 12.1 Å². The normalized spacial score (nSPS) is 19.5. The largest absolute Gasteiger partial charge is 0.274 e. The first-order chi connectivity index (χ1) is 9.84. The van der Waals surface area contributed by atoms with Crippen molar-refractivity contribution in [3.63, 3.8) is 0 Å². The van der Waals surface area contributed by atoms with Gasteiger partial charge >= 0.3 is 0 Å². The summed E-state index contributed by atoms with van der Waals surface area (Å²) in [5.41, 5.74) is 0.752. The molecule has 1 heterocycles. The maximum Gasteiger partial charge on any atom is 0.238 e. The van der Waals surface area contributed by atoms with E-state index in [9.17, 15) is 9.59 Å². The number of anilines is 1. The summed E-state index contributed by atoms with van der Waals surface area (Å²) in [6, 6.07) is 8.21. The molecule has 1 unspecified atom stereocenters. The maximum absolute atomic E-state index is 12.6. The Bertz CT molecular complexity index is 674. The zero-order chi connectivity index (χ0) is 15.8. The number of nitriles is 1. The fourth-order valence-corrected chi connectivity index (χ4v) is 2.63.